The Bertz CT molecular complexity index is 1260. The molecule has 9 nitrogen and oxygen atoms in total. The molecule has 4 rings (SSSR count). The quantitative estimate of drug-likeness (QED) is 0.423. The first-order chi connectivity index (χ1) is 16.7. The summed E-state index contributed by atoms with van der Waals surface area (Å²) in [6, 6.07) is 5.92. The van der Waals surface area contributed by atoms with Crippen molar-refractivity contribution in [3.8, 4) is 5.75 Å². The Kier molecular flexibility index (Phi) is 7.77. The molecule has 11 heteroatoms. The lowest BCUT2D eigenvalue weighted by molar-refractivity contribution is 0.283. The Labute approximate surface area is 204 Å². The Hall–Kier alpha value is -2.50. The first-order valence-corrected chi connectivity index (χ1v) is 13.7. The molecular weight excluding hydrogens is 475 g/mol. The number of hydrogen-bond acceptors (Lipinski definition) is 6. The van der Waals surface area contributed by atoms with E-state index in [-0.39, 0.29) is 11.5 Å². The van der Waals surface area contributed by atoms with Crippen molar-refractivity contribution in [2.24, 2.45) is 5.92 Å². The number of nitrogens with zero attached hydrogens (tertiary/aromatic N) is 2. The lowest BCUT2D eigenvalue weighted by Gasteiger charge is -2.31. The topological polar surface area (TPSA) is 113 Å². The van der Waals surface area contributed by atoms with E-state index < -0.39 is 32.6 Å². The average Bonchev–Trinajstić information content (AvgIpc) is 3.55. The maximum Gasteiger partial charge on any atom is 0.328 e. The molecule has 2 fully saturated rings. The summed E-state index contributed by atoms with van der Waals surface area (Å²) in [5.41, 5.74) is -1.06. The number of benzene rings is 1. The van der Waals surface area contributed by atoms with Gasteiger partial charge in [0.15, 0.2) is 11.6 Å². The van der Waals surface area contributed by atoms with Gasteiger partial charge in [-0.15, -0.1) is 0 Å². The van der Waals surface area contributed by atoms with Gasteiger partial charge >= 0.3 is 5.69 Å². The van der Waals surface area contributed by atoms with Crippen LogP contribution < -0.4 is 20.7 Å². The number of unbranched alkanes of at least 4 members (excludes halogenated alkanes) is 2. The van der Waals surface area contributed by atoms with Crippen LogP contribution in [0.2, 0.25) is 0 Å². The zero-order valence-electron chi connectivity index (χ0n) is 20.0. The summed E-state index contributed by atoms with van der Waals surface area (Å²) in [5, 5.41) is 0. The number of likely N-dealkylation sites (tertiary alicyclic amines) is 1. The number of nitrogens with one attached hydrogen (secondary N) is 2. The van der Waals surface area contributed by atoms with Crippen molar-refractivity contribution < 1.29 is 17.5 Å². The van der Waals surface area contributed by atoms with Crippen molar-refractivity contribution >= 4 is 10.0 Å². The highest BCUT2D eigenvalue weighted by molar-refractivity contribution is 7.89. The van der Waals surface area contributed by atoms with E-state index in [1.165, 1.54) is 22.9 Å². The van der Waals surface area contributed by atoms with Crippen molar-refractivity contribution in [1.29, 1.82) is 0 Å². The third-order valence-electron chi connectivity index (χ3n) is 6.68. The summed E-state index contributed by atoms with van der Waals surface area (Å²) < 4.78 is 50.5. The Morgan fingerprint density at radius 3 is 2.69 bits per heavy atom. The molecule has 0 spiro atoms. The highest BCUT2D eigenvalue weighted by Gasteiger charge is 2.42. The first-order valence-electron chi connectivity index (χ1n) is 12.1. The minimum Gasteiger partial charge on any atom is -0.490 e. The molecule has 192 valence electrons. The predicted octanol–water partition coefficient (Wildman–Crippen LogP) is 1.79. The van der Waals surface area contributed by atoms with Gasteiger partial charge in [-0.2, -0.15) is 0 Å². The fourth-order valence-corrected chi connectivity index (χ4v) is 6.07. The fourth-order valence-electron chi connectivity index (χ4n) is 4.50. The highest BCUT2D eigenvalue weighted by atomic mass is 32.2. The van der Waals surface area contributed by atoms with Crippen LogP contribution in [-0.2, 0) is 22.1 Å². The van der Waals surface area contributed by atoms with Crippen LogP contribution in [-0.4, -0.2) is 55.4 Å². The number of aromatic nitrogens is 2. The number of ether oxygens (including phenoxy) is 1. The van der Waals surface area contributed by atoms with E-state index in [0.29, 0.717) is 63.4 Å². The molecule has 0 amide bonds. The summed E-state index contributed by atoms with van der Waals surface area (Å²) in [4.78, 5) is 27.1. The van der Waals surface area contributed by atoms with E-state index in [2.05, 4.69) is 14.6 Å². The van der Waals surface area contributed by atoms with Gasteiger partial charge in [-0.25, -0.2) is 22.3 Å². The van der Waals surface area contributed by atoms with Crippen molar-refractivity contribution in [3.05, 3.63) is 62.7 Å². The second-order valence-electron chi connectivity index (χ2n) is 9.75. The summed E-state index contributed by atoms with van der Waals surface area (Å²) >= 11 is 0. The van der Waals surface area contributed by atoms with Gasteiger partial charge in [-0.3, -0.25) is 9.78 Å². The number of rotatable bonds is 12. The molecule has 1 aliphatic carbocycles. The average molecular weight is 509 g/mol. The molecule has 35 heavy (non-hydrogen) atoms. The number of aryl methyl sites for hydroxylation is 1. The van der Waals surface area contributed by atoms with Gasteiger partial charge in [0.25, 0.3) is 5.56 Å². The molecular formula is C24H33FN4O5S. The van der Waals surface area contributed by atoms with Crippen molar-refractivity contribution in [3.63, 3.8) is 0 Å². The summed E-state index contributed by atoms with van der Waals surface area (Å²) in [6.07, 6.45) is 5.84. The lowest BCUT2D eigenvalue weighted by Crippen LogP contribution is -2.48. The molecule has 1 aromatic carbocycles. The molecule has 1 aromatic heterocycles. The number of aromatic amines is 1. The zero-order valence-corrected chi connectivity index (χ0v) is 20.8. The number of H-pyrrole nitrogens is 1. The molecule has 2 heterocycles. The van der Waals surface area contributed by atoms with Gasteiger partial charge < -0.3 is 14.2 Å². The third-order valence-corrected chi connectivity index (χ3v) is 8.20. The lowest BCUT2D eigenvalue weighted by atomic mass is 9.90. The Morgan fingerprint density at radius 1 is 1.20 bits per heavy atom. The summed E-state index contributed by atoms with van der Waals surface area (Å²) in [6.45, 7) is 2.07. The first kappa shape index (κ1) is 25.6. The van der Waals surface area contributed by atoms with Crippen LogP contribution in [0.1, 0.15) is 44.1 Å². The van der Waals surface area contributed by atoms with Gasteiger partial charge in [0.05, 0.1) is 17.9 Å². The van der Waals surface area contributed by atoms with E-state index in [0.717, 1.165) is 12.8 Å². The minimum absolute atomic E-state index is 0.0504. The monoisotopic (exact) mass is 508 g/mol. The second-order valence-corrected chi connectivity index (χ2v) is 11.6. The maximum absolute atomic E-state index is 14.4. The van der Waals surface area contributed by atoms with Crippen LogP contribution in [0.3, 0.4) is 0 Å². The maximum atomic E-state index is 14.4. The SMILES string of the molecule is CN1CCC(NS(=O)(=O)CCCCCn2ccc(=O)[nH]c2=O)(c2ccc(F)c(OCC3CC3)c2)C1. The smallest absolute Gasteiger partial charge is 0.328 e. The molecule has 0 radical (unpaired) electrons. The Balaban J connectivity index is 1.38. The molecule has 0 bridgehead atoms. The van der Waals surface area contributed by atoms with Crippen molar-refractivity contribution in [2.75, 3.05) is 32.5 Å². The van der Waals surface area contributed by atoms with E-state index in [1.807, 2.05) is 7.05 Å². The molecule has 1 saturated heterocycles. The minimum atomic E-state index is -3.62. The van der Waals surface area contributed by atoms with Crippen LogP contribution in [0.5, 0.6) is 5.75 Å². The van der Waals surface area contributed by atoms with Gasteiger partial charge in [-0.05, 0) is 62.8 Å². The van der Waals surface area contributed by atoms with Crippen LogP contribution in [0.4, 0.5) is 4.39 Å². The van der Waals surface area contributed by atoms with Crippen molar-refractivity contribution in [1.82, 2.24) is 19.2 Å². The van der Waals surface area contributed by atoms with Crippen LogP contribution in [0.25, 0.3) is 0 Å². The standard InChI is InChI=1S/C24H33FN4O5S/c1-28-13-10-24(17-28,19-7-8-20(25)21(15-19)34-16-18-5-6-18)27-35(32,33)14-4-2-3-11-29-12-9-22(30)26-23(29)31/h7-9,12,15,18,27H,2-6,10-11,13-14,16-17H2,1H3,(H,26,30,31). The Morgan fingerprint density at radius 2 is 2.00 bits per heavy atom. The second kappa shape index (κ2) is 10.6. The highest BCUT2D eigenvalue weighted by Crippen LogP contribution is 2.36. The molecule has 1 saturated carbocycles. The van der Waals surface area contributed by atoms with Gasteiger partial charge in [0.1, 0.15) is 0 Å². The van der Waals surface area contributed by atoms with Crippen molar-refractivity contribution in [2.45, 2.75) is 50.6 Å². The number of likely N-dealkylation sites (N-methyl/N-ethyl adjacent to an activating group) is 1. The molecule has 2 aromatic rings. The third kappa shape index (κ3) is 6.80. The van der Waals surface area contributed by atoms with Crippen LogP contribution >= 0.6 is 0 Å². The molecule has 2 N–H and O–H groups in total. The summed E-state index contributed by atoms with van der Waals surface area (Å²) in [7, 11) is -1.69. The van der Waals surface area contributed by atoms with Crippen LogP contribution in [0.15, 0.2) is 40.1 Å². The number of hydrogen-bond donors (Lipinski definition) is 2. The zero-order chi connectivity index (χ0) is 25.1. The van der Waals surface area contributed by atoms with E-state index in [4.69, 9.17) is 4.74 Å². The van der Waals surface area contributed by atoms with Gasteiger partial charge in [0.2, 0.25) is 10.0 Å². The molecule has 2 aliphatic rings. The fraction of sp³-hybridized carbons (Fsp3) is 0.583. The number of sulfonamides is 1. The molecule has 1 unspecified atom stereocenters. The van der Waals surface area contributed by atoms with E-state index >= 15 is 0 Å². The van der Waals surface area contributed by atoms with Gasteiger partial charge in [-0.1, -0.05) is 12.5 Å². The van der Waals surface area contributed by atoms with Crippen LogP contribution in [0, 0.1) is 11.7 Å². The van der Waals surface area contributed by atoms with E-state index in [9.17, 15) is 22.4 Å². The normalized spacial score (nSPS) is 20.9. The largest absolute Gasteiger partial charge is 0.490 e. The van der Waals surface area contributed by atoms with Gasteiger partial charge in [0, 0.05) is 31.9 Å². The molecule has 1 aliphatic heterocycles. The summed E-state index contributed by atoms with van der Waals surface area (Å²) in [5.74, 6) is 0.150. The molecule has 1 atom stereocenters. The predicted molar refractivity (Wildman–Crippen MR) is 131 cm³/mol. The number of halogens is 1. The van der Waals surface area contributed by atoms with E-state index in [1.54, 1.807) is 12.1 Å².